The minimum absolute atomic E-state index is 0.0414. The number of hydrogen-bond donors (Lipinski definition) is 0. The number of piperidine rings is 1. The van der Waals surface area contributed by atoms with Crippen molar-refractivity contribution in [1.29, 1.82) is 0 Å². The summed E-state index contributed by atoms with van der Waals surface area (Å²) >= 11 is 0. The van der Waals surface area contributed by atoms with Gasteiger partial charge in [0.15, 0.2) is 17.9 Å². The molecule has 1 fully saturated rings. The van der Waals surface area contributed by atoms with Crippen LogP contribution in [-0.4, -0.2) is 36.9 Å². The van der Waals surface area contributed by atoms with Crippen LogP contribution in [0.4, 0.5) is 10.2 Å². The first-order valence-corrected chi connectivity index (χ1v) is 6.13. The highest BCUT2D eigenvalue weighted by molar-refractivity contribution is 5.81. The average molecular weight is 266 g/mol. The van der Waals surface area contributed by atoms with Crippen molar-refractivity contribution in [1.82, 2.24) is 4.98 Å². The van der Waals surface area contributed by atoms with Crippen molar-refractivity contribution in [2.75, 3.05) is 18.6 Å². The first kappa shape index (κ1) is 13.5. The molecular weight excluding hydrogens is 251 g/mol. The molecule has 0 amide bonds. The number of ether oxygens (including phenoxy) is 1. The van der Waals surface area contributed by atoms with Gasteiger partial charge >= 0.3 is 5.97 Å². The van der Waals surface area contributed by atoms with E-state index in [-0.39, 0.29) is 11.4 Å². The Morgan fingerprint density at radius 2 is 2.37 bits per heavy atom. The van der Waals surface area contributed by atoms with Gasteiger partial charge in [-0.2, -0.15) is 0 Å². The maximum Gasteiger partial charge on any atom is 0.328 e. The molecule has 2 rings (SSSR count). The average Bonchev–Trinajstić information content (AvgIpc) is 2.47. The Balaban J connectivity index is 2.37. The number of methoxy groups -OCH3 is 1. The minimum Gasteiger partial charge on any atom is -0.467 e. The largest absolute Gasteiger partial charge is 0.467 e. The summed E-state index contributed by atoms with van der Waals surface area (Å²) in [4.78, 5) is 28.0. The number of anilines is 1. The smallest absolute Gasteiger partial charge is 0.328 e. The van der Waals surface area contributed by atoms with Crippen molar-refractivity contribution in [3.63, 3.8) is 0 Å². The molecule has 102 valence electrons. The standard InChI is InChI=1S/C13H15FN2O3/c1-19-13(18)10-4-2-3-7-16(10)12-11(14)9(8-17)5-6-15-12/h5-6,8,10H,2-4,7H2,1H3. The molecule has 0 radical (unpaired) electrons. The van der Waals surface area contributed by atoms with E-state index in [1.165, 1.54) is 19.4 Å². The molecule has 0 bridgehead atoms. The molecule has 0 aromatic carbocycles. The SMILES string of the molecule is COC(=O)C1CCCCN1c1nccc(C=O)c1F. The van der Waals surface area contributed by atoms with Gasteiger partial charge in [0, 0.05) is 12.7 Å². The molecule has 1 unspecified atom stereocenters. The molecule has 1 aliphatic heterocycles. The third kappa shape index (κ3) is 2.57. The van der Waals surface area contributed by atoms with Crippen molar-refractivity contribution in [2.24, 2.45) is 0 Å². The molecule has 0 N–H and O–H groups in total. The maximum atomic E-state index is 14.1. The van der Waals surface area contributed by atoms with Gasteiger partial charge in [-0.25, -0.2) is 14.2 Å². The summed E-state index contributed by atoms with van der Waals surface area (Å²) in [6.45, 7) is 0.520. The second kappa shape index (κ2) is 5.77. The number of carbonyl (C=O) groups excluding carboxylic acids is 2. The topological polar surface area (TPSA) is 59.5 Å². The van der Waals surface area contributed by atoms with Crippen LogP contribution in [0.1, 0.15) is 29.6 Å². The molecule has 1 aromatic rings. The van der Waals surface area contributed by atoms with E-state index in [1.807, 2.05) is 0 Å². The Bertz CT molecular complexity index is 493. The van der Waals surface area contributed by atoms with Crippen LogP contribution < -0.4 is 4.90 Å². The lowest BCUT2D eigenvalue weighted by Crippen LogP contribution is -2.46. The second-order valence-corrected chi connectivity index (χ2v) is 4.38. The summed E-state index contributed by atoms with van der Waals surface area (Å²) in [6.07, 6.45) is 4.13. The van der Waals surface area contributed by atoms with Gasteiger partial charge in [0.2, 0.25) is 0 Å². The van der Waals surface area contributed by atoms with Crippen molar-refractivity contribution in [3.05, 3.63) is 23.6 Å². The van der Waals surface area contributed by atoms with E-state index in [0.29, 0.717) is 19.3 Å². The normalized spacial score (nSPS) is 19.1. The number of nitrogens with zero attached hydrogens (tertiary/aromatic N) is 2. The molecular formula is C13H15FN2O3. The highest BCUT2D eigenvalue weighted by Gasteiger charge is 2.32. The lowest BCUT2D eigenvalue weighted by atomic mass is 10.0. The van der Waals surface area contributed by atoms with Gasteiger partial charge in [0.05, 0.1) is 12.7 Å². The van der Waals surface area contributed by atoms with Crippen LogP contribution in [0.5, 0.6) is 0 Å². The van der Waals surface area contributed by atoms with Crippen LogP contribution >= 0.6 is 0 Å². The van der Waals surface area contributed by atoms with Crippen LogP contribution in [0.15, 0.2) is 12.3 Å². The van der Waals surface area contributed by atoms with Crippen LogP contribution in [0.2, 0.25) is 0 Å². The molecule has 1 aromatic heterocycles. The molecule has 1 saturated heterocycles. The van der Waals surface area contributed by atoms with Crippen LogP contribution in [0, 0.1) is 5.82 Å². The first-order chi connectivity index (χ1) is 9.19. The van der Waals surface area contributed by atoms with Gasteiger partial charge in [0.1, 0.15) is 6.04 Å². The lowest BCUT2D eigenvalue weighted by molar-refractivity contribution is -0.142. The number of esters is 1. The second-order valence-electron chi connectivity index (χ2n) is 4.38. The zero-order chi connectivity index (χ0) is 13.8. The zero-order valence-electron chi connectivity index (χ0n) is 10.6. The number of pyridine rings is 1. The van der Waals surface area contributed by atoms with Crippen LogP contribution in [0.25, 0.3) is 0 Å². The molecule has 2 heterocycles. The molecule has 1 atom stereocenters. The molecule has 0 aliphatic carbocycles. The Hall–Kier alpha value is -1.98. The molecule has 1 aliphatic rings. The molecule has 19 heavy (non-hydrogen) atoms. The molecule has 0 saturated carbocycles. The number of hydrogen-bond acceptors (Lipinski definition) is 5. The minimum atomic E-state index is -0.687. The van der Waals surface area contributed by atoms with Crippen LogP contribution in [0.3, 0.4) is 0 Å². The fourth-order valence-electron chi connectivity index (χ4n) is 2.30. The van der Waals surface area contributed by atoms with E-state index in [2.05, 4.69) is 4.98 Å². The Morgan fingerprint density at radius 1 is 1.58 bits per heavy atom. The van der Waals surface area contributed by atoms with E-state index in [0.717, 1.165) is 12.8 Å². The van der Waals surface area contributed by atoms with Crippen molar-refractivity contribution >= 4 is 18.1 Å². The summed E-state index contributed by atoms with van der Waals surface area (Å²) in [5, 5.41) is 0. The van der Waals surface area contributed by atoms with Crippen molar-refractivity contribution < 1.29 is 18.7 Å². The predicted molar refractivity (Wildman–Crippen MR) is 66.6 cm³/mol. The highest BCUT2D eigenvalue weighted by atomic mass is 19.1. The summed E-state index contributed by atoms with van der Waals surface area (Å²) in [6, 6.07) is 0.769. The van der Waals surface area contributed by atoms with Gasteiger partial charge in [-0.15, -0.1) is 0 Å². The number of carbonyl (C=O) groups is 2. The monoisotopic (exact) mass is 266 g/mol. The maximum absolute atomic E-state index is 14.1. The van der Waals surface area contributed by atoms with E-state index >= 15 is 0 Å². The quantitative estimate of drug-likeness (QED) is 0.614. The third-order valence-corrected chi connectivity index (χ3v) is 3.28. The number of aromatic nitrogens is 1. The van der Waals surface area contributed by atoms with Gasteiger partial charge < -0.3 is 9.64 Å². The van der Waals surface area contributed by atoms with E-state index in [9.17, 15) is 14.0 Å². The Morgan fingerprint density at radius 3 is 3.05 bits per heavy atom. The highest BCUT2D eigenvalue weighted by Crippen LogP contribution is 2.27. The summed E-state index contributed by atoms with van der Waals surface area (Å²) < 4.78 is 18.8. The fourth-order valence-corrected chi connectivity index (χ4v) is 2.30. The number of rotatable bonds is 3. The summed E-state index contributed by atoms with van der Waals surface area (Å²) in [7, 11) is 1.31. The van der Waals surface area contributed by atoms with Crippen molar-refractivity contribution in [2.45, 2.75) is 25.3 Å². The van der Waals surface area contributed by atoms with Gasteiger partial charge in [-0.05, 0) is 25.3 Å². The van der Waals surface area contributed by atoms with E-state index in [4.69, 9.17) is 4.74 Å². The predicted octanol–water partition coefficient (Wildman–Crippen LogP) is 1.57. The third-order valence-electron chi connectivity index (χ3n) is 3.28. The number of aldehydes is 1. The van der Waals surface area contributed by atoms with Crippen LogP contribution in [-0.2, 0) is 9.53 Å². The summed E-state index contributed by atoms with van der Waals surface area (Å²) in [5.41, 5.74) is -0.0563. The first-order valence-electron chi connectivity index (χ1n) is 6.13. The Kier molecular flexibility index (Phi) is 4.09. The van der Waals surface area contributed by atoms with Gasteiger partial charge in [-0.3, -0.25) is 4.79 Å². The van der Waals surface area contributed by atoms with Crippen molar-refractivity contribution in [3.8, 4) is 0 Å². The lowest BCUT2D eigenvalue weighted by Gasteiger charge is -2.34. The molecule has 0 spiro atoms. The molecule has 6 heteroatoms. The van der Waals surface area contributed by atoms with E-state index in [1.54, 1.807) is 4.90 Å². The fraction of sp³-hybridized carbons (Fsp3) is 0.462. The van der Waals surface area contributed by atoms with E-state index < -0.39 is 17.8 Å². The zero-order valence-corrected chi connectivity index (χ0v) is 10.6. The Labute approximate surface area is 110 Å². The summed E-state index contributed by atoms with van der Waals surface area (Å²) in [5.74, 6) is -1.05. The number of halogens is 1. The molecule has 5 nitrogen and oxygen atoms in total. The van der Waals surface area contributed by atoms with Gasteiger partial charge in [0.25, 0.3) is 0 Å². The van der Waals surface area contributed by atoms with Gasteiger partial charge in [-0.1, -0.05) is 0 Å².